The Hall–Kier alpha value is -1.70. The molecule has 0 unspecified atom stereocenters. The van der Waals surface area contributed by atoms with Gasteiger partial charge in [-0.3, -0.25) is 4.79 Å². The summed E-state index contributed by atoms with van der Waals surface area (Å²) in [6.45, 7) is 0.475. The number of halogens is 2. The highest BCUT2D eigenvalue weighted by molar-refractivity contribution is 5.94. The molecule has 3 rings (SSSR count). The van der Waals surface area contributed by atoms with E-state index in [1.54, 1.807) is 29.3 Å². The number of nitrogens with one attached hydrogen (secondary N) is 1. The van der Waals surface area contributed by atoms with E-state index >= 15 is 0 Å². The predicted octanol–water partition coefficient (Wildman–Crippen LogP) is 1.51. The second kappa shape index (κ2) is 8.24. The smallest absolute Gasteiger partial charge is 0.253 e. The van der Waals surface area contributed by atoms with Crippen molar-refractivity contribution in [2.45, 2.75) is 31.2 Å². The van der Waals surface area contributed by atoms with E-state index in [1.165, 1.54) is 6.33 Å². The first-order valence-corrected chi connectivity index (χ1v) is 7.06. The van der Waals surface area contributed by atoms with Crippen LogP contribution < -0.4 is 11.1 Å². The van der Waals surface area contributed by atoms with E-state index in [9.17, 15) is 4.79 Å². The lowest BCUT2D eigenvalue weighted by molar-refractivity contribution is 0.0902. The van der Waals surface area contributed by atoms with Gasteiger partial charge in [0.15, 0.2) is 5.82 Å². The van der Waals surface area contributed by atoms with E-state index < -0.39 is 0 Å². The highest BCUT2D eigenvalue weighted by atomic mass is 35.5. The molecule has 3 N–H and O–H groups in total. The van der Waals surface area contributed by atoms with Crippen molar-refractivity contribution in [1.82, 2.24) is 25.1 Å². The molecule has 0 radical (unpaired) electrons. The van der Waals surface area contributed by atoms with Gasteiger partial charge >= 0.3 is 0 Å². The molecule has 2 heterocycles. The Labute approximate surface area is 146 Å². The van der Waals surface area contributed by atoms with Crippen LogP contribution >= 0.6 is 24.8 Å². The minimum Gasteiger partial charge on any atom is -0.345 e. The van der Waals surface area contributed by atoms with Crippen LogP contribution in [-0.2, 0) is 0 Å². The fourth-order valence-electron chi connectivity index (χ4n) is 2.73. The Morgan fingerprint density at radius 3 is 2.57 bits per heavy atom. The van der Waals surface area contributed by atoms with Crippen LogP contribution in [0.2, 0.25) is 0 Å². The second-order valence-electron chi connectivity index (χ2n) is 5.39. The number of aromatic nitrogens is 4. The molecule has 23 heavy (non-hydrogen) atoms. The summed E-state index contributed by atoms with van der Waals surface area (Å²) in [4.78, 5) is 20.4. The number of pyridine rings is 1. The first-order chi connectivity index (χ1) is 10.2. The van der Waals surface area contributed by atoms with E-state index in [0.717, 1.165) is 25.7 Å². The average Bonchev–Trinajstić information content (AvgIpc) is 3.19. The molecule has 0 aromatic carbocycles. The zero-order valence-electron chi connectivity index (χ0n) is 12.5. The molecule has 126 valence electrons. The van der Waals surface area contributed by atoms with Gasteiger partial charge in [0, 0.05) is 12.7 Å². The van der Waals surface area contributed by atoms with Crippen molar-refractivity contribution in [3.05, 3.63) is 36.5 Å². The Bertz CT molecular complexity index is 611. The number of amides is 1. The SMILES string of the molecule is Cl.Cl.NCC1(NC(=O)c2ccc(-n3cncn3)nc2)CCCC1. The lowest BCUT2D eigenvalue weighted by Gasteiger charge is -2.28. The van der Waals surface area contributed by atoms with Gasteiger partial charge in [0.05, 0.1) is 11.1 Å². The molecule has 2 aromatic rings. The summed E-state index contributed by atoms with van der Waals surface area (Å²) >= 11 is 0. The fraction of sp³-hybridized carbons (Fsp3) is 0.429. The summed E-state index contributed by atoms with van der Waals surface area (Å²) in [6.07, 6.45) is 8.66. The summed E-state index contributed by atoms with van der Waals surface area (Å²) in [6, 6.07) is 3.48. The third-order valence-electron chi connectivity index (χ3n) is 3.99. The lowest BCUT2D eigenvalue weighted by Crippen LogP contribution is -2.51. The Kier molecular flexibility index (Phi) is 6.93. The molecule has 2 aromatic heterocycles. The maximum atomic E-state index is 12.3. The number of hydrogen-bond acceptors (Lipinski definition) is 5. The quantitative estimate of drug-likeness (QED) is 0.862. The van der Waals surface area contributed by atoms with E-state index in [1.807, 2.05) is 0 Å². The van der Waals surface area contributed by atoms with Crippen molar-refractivity contribution < 1.29 is 4.79 Å². The van der Waals surface area contributed by atoms with Crippen LogP contribution in [0.1, 0.15) is 36.0 Å². The second-order valence-corrected chi connectivity index (χ2v) is 5.39. The predicted molar refractivity (Wildman–Crippen MR) is 91.4 cm³/mol. The zero-order chi connectivity index (χ0) is 14.7. The molecule has 0 saturated heterocycles. The van der Waals surface area contributed by atoms with E-state index in [4.69, 9.17) is 5.73 Å². The number of nitrogens with zero attached hydrogens (tertiary/aromatic N) is 4. The maximum absolute atomic E-state index is 12.3. The molecule has 0 spiro atoms. The monoisotopic (exact) mass is 358 g/mol. The molecule has 1 aliphatic rings. The van der Waals surface area contributed by atoms with Gasteiger partial charge in [-0.25, -0.2) is 14.6 Å². The summed E-state index contributed by atoms with van der Waals surface area (Å²) in [5.41, 5.74) is 6.11. The van der Waals surface area contributed by atoms with Crippen molar-refractivity contribution in [3.63, 3.8) is 0 Å². The molecule has 0 atom stereocenters. The van der Waals surface area contributed by atoms with Crippen LogP contribution in [0.25, 0.3) is 5.82 Å². The summed E-state index contributed by atoms with van der Waals surface area (Å²) in [7, 11) is 0. The van der Waals surface area contributed by atoms with E-state index in [-0.39, 0.29) is 36.3 Å². The maximum Gasteiger partial charge on any atom is 0.253 e. The van der Waals surface area contributed by atoms with Gasteiger partial charge in [0.2, 0.25) is 0 Å². The first-order valence-electron chi connectivity index (χ1n) is 7.06. The van der Waals surface area contributed by atoms with Gasteiger partial charge in [-0.15, -0.1) is 24.8 Å². The van der Waals surface area contributed by atoms with Crippen molar-refractivity contribution in [2.24, 2.45) is 5.73 Å². The van der Waals surface area contributed by atoms with Crippen molar-refractivity contribution in [2.75, 3.05) is 6.54 Å². The minimum atomic E-state index is -0.248. The molecule has 9 heteroatoms. The summed E-state index contributed by atoms with van der Waals surface area (Å²) in [5, 5.41) is 7.07. The van der Waals surface area contributed by atoms with Gasteiger partial charge < -0.3 is 11.1 Å². The van der Waals surface area contributed by atoms with Crippen molar-refractivity contribution >= 4 is 30.7 Å². The number of nitrogens with two attached hydrogens (primary N) is 1. The van der Waals surface area contributed by atoms with Gasteiger partial charge in [-0.2, -0.15) is 5.10 Å². The van der Waals surface area contributed by atoms with Crippen LogP contribution in [0.15, 0.2) is 31.0 Å². The number of hydrogen-bond donors (Lipinski definition) is 2. The zero-order valence-corrected chi connectivity index (χ0v) is 14.1. The molecule has 7 nitrogen and oxygen atoms in total. The van der Waals surface area contributed by atoms with Crippen LogP contribution in [0.3, 0.4) is 0 Å². The summed E-state index contributed by atoms with van der Waals surface area (Å²) in [5.74, 6) is 0.499. The number of carbonyl (C=O) groups is 1. The number of carbonyl (C=O) groups excluding carboxylic acids is 1. The van der Waals surface area contributed by atoms with Gasteiger partial charge in [0.25, 0.3) is 5.91 Å². The largest absolute Gasteiger partial charge is 0.345 e. The highest BCUT2D eigenvalue weighted by Gasteiger charge is 2.34. The molecular formula is C14H20Cl2N6O. The first kappa shape index (κ1) is 19.3. The molecule has 1 aliphatic carbocycles. The Balaban J connectivity index is 0.00000132. The normalized spacial score (nSPS) is 15.3. The van der Waals surface area contributed by atoms with Gasteiger partial charge in [-0.05, 0) is 25.0 Å². The topological polar surface area (TPSA) is 98.7 Å². The molecular weight excluding hydrogens is 339 g/mol. The Morgan fingerprint density at radius 1 is 1.30 bits per heavy atom. The van der Waals surface area contributed by atoms with Crippen LogP contribution in [-0.4, -0.2) is 37.7 Å². The third-order valence-corrected chi connectivity index (χ3v) is 3.99. The van der Waals surface area contributed by atoms with Crippen LogP contribution in [0, 0.1) is 0 Å². The summed E-state index contributed by atoms with van der Waals surface area (Å²) < 4.78 is 1.54. The van der Waals surface area contributed by atoms with Gasteiger partial charge in [0.1, 0.15) is 12.7 Å². The highest BCUT2D eigenvalue weighted by Crippen LogP contribution is 2.28. The average molecular weight is 359 g/mol. The standard InChI is InChI=1S/C14H18N6O.2ClH/c15-8-14(5-1-2-6-14)19-13(21)11-3-4-12(17-7-11)20-10-16-9-18-20;;/h3-4,7,9-10H,1-2,5-6,8,15H2,(H,19,21);2*1H. The van der Waals surface area contributed by atoms with E-state index in [2.05, 4.69) is 20.4 Å². The van der Waals surface area contributed by atoms with Crippen LogP contribution in [0.5, 0.6) is 0 Å². The van der Waals surface area contributed by atoms with Crippen molar-refractivity contribution in [1.29, 1.82) is 0 Å². The molecule has 1 saturated carbocycles. The Morgan fingerprint density at radius 2 is 2.04 bits per heavy atom. The molecule has 1 fully saturated rings. The lowest BCUT2D eigenvalue weighted by atomic mass is 9.97. The molecule has 0 aliphatic heterocycles. The molecule has 0 bridgehead atoms. The number of rotatable bonds is 4. The minimum absolute atomic E-state index is 0. The van der Waals surface area contributed by atoms with Crippen LogP contribution in [0.4, 0.5) is 0 Å². The fourth-order valence-corrected chi connectivity index (χ4v) is 2.73. The van der Waals surface area contributed by atoms with Gasteiger partial charge in [-0.1, -0.05) is 12.8 Å². The van der Waals surface area contributed by atoms with Crippen molar-refractivity contribution in [3.8, 4) is 5.82 Å². The molecule has 1 amide bonds. The third kappa shape index (κ3) is 4.19. The van der Waals surface area contributed by atoms with E-state index in [0.29, 0.717) is 17.9 Å².